The van der Waals surface area contributed by atoms with Crippen molar-refractivity contribution < 1.29 is 8.78 Å². The van der Waals surface area contributed by atoms with Crippen molar-refractivity contribution in [3.05, 3.63) is 41.1 Å². The quantitative estimate of drug-likeness (QED) is 0.704. The lowest BCUT2D eigenvalue weighted by molar-refractivity contribution is 0.149. The first-order chi connectivity index (χ1) is 12.5. The predicted molar refractivity (Wildman–Crippen MR) is 103 cm³/mol. The SMILES string of the molecule is CCCCC(CC)N1CCCc2cc(C3C=CN(C)N3)c(C(F)F)cc21. The topological polar surface area (TPSA) is 18.5 Å². The number of alkyl halides is 2. The Hall–Kier alpha value is -1.62. The Balaban J connectivity index is 1.97. The Kier molecular flexibility index (Phi) is 6.17. The Labute approximate surface area is 156 Å². The van der Waals surface area contributed by atoms with Crippen molar-refractivity contribution in [3.8, 4) is 0 Å². The summed E-state index contributed by atoms with van der Waals surface area (Å²) in [5, 5.41) is 1.82. The van der Waals surface area contributed by atoms with Gasteiger partial charge in [-0.15, -0.1) is 0 Å². The molecule has 0 saturated carbocycles. The number of anilines is 1. The molecule has 2 aliphatic heterocycles. The number of fused-ring (bicyclic) bond motifs is 1. The largest absolute Gasteiger partial charge is 0.368 e. The lowest BCUT2D eigenvalue weighted by atomic mass is 9.90. The second-order valence-electron chi connectivity index (χ2n) is 7.47. The Bertz CT molecular complexity index is 644. The second-order valence-corrected chi connectivity index (χ2v) is 7.47. The first kappa shape index (κ1) is 19.2. The van der Waals surface area contributed by atoms with Gasteiger partial charge in [-0.1, -0.05) is 32.8 Å². The van der Waals surface area contributed by atoms with Gasteiger partial charge in [0.1, 0.15) is 0 Å². The van der Waals surface area contributed by atoms with E-state index in [0.29, 0.717) is 11.6 Å². The Morgan fingerprint density at radius 3 is 2.69 bits per heavy atom. The molecule has 3 nitrogen and oxygen atoms in total. The zero-order valence-corrected chi connectivity index (χ0v) is 16.1. The number of hydrogen-bond acceptors (Lipinski definition) is 3. The molecular weight excluding hydrogens is 332 g/mol. The van der Waals surface area contributed by atoms with Crippen molar-refractivity contribution in [2.45, 2.75) is 70.9 Å². The summed E-state index contributed by atoms with van der Waals surface area (Å²) in [6.45, 7) is 5.39. The maximum absolute atomic E-state index is 13.9. The highest BCUT2D eigenvalue weighted by atomic mass is 19.3. The molecule has 0 amide bonds. The number of nitrogens with one attached hydrogen (secondary N) is 1. The van der Waals surface area contributed by atoms with E-state index in [4.69, 9.17) is 0 Å². The van der Waals surface area contributed by atoms with Crippen LogP contribution in [-0.4, -0.2) is 24.6 Å². The predicted octanol–water partition coefficient (Wildman–Crippen LogP) is 5.35. The molecule has 1 N–H and O–H groups in total. The molecule has 0 saturated heterocycles. The minimum Gasteiger partial charge on any atom is -0.368 e. The molecule has 2 unspecified atom stereocenters. The standard InChI is InChI=1S/C21H31F2N3/c1-4-6-9-16(5-2)26-11-7-8-15-13-17(19-10-12-25(3)24-19)18(21(22)23)14-20(15)26/h10,12-14,16,19,21,24H,4-9,11H2,1-3H3. The van der Waals surface area contributed by atoms with E-state index in [0.717, 1.165) is 37.9 Å². The number of unbranched alkanes of at least 4 members (excludes halogenated alkanes) is 1. The molecule has 0 spiro atoms. The fraction of sp³-hybridized carbons (Fsp3) is 0.619. The molecule has 0 radical (unpaired) electrons. The van der Waals surface area contributed by atoms with Gasteiger partial charge in [0, 0.05) is 37.1 Å². The van der Waals surface area contributed by atoms with Gasteiger partial charge in [-0.05, 0) is 49.0 Å². The molecule has 2 atom stereocenters. The van der Waals surface area contributed by atoms with Crippen LogP contribution in [0.25, 0.3) is 0 Å². The number of benzene rings is 1. The van der Waals surface area contributed by atoms with Gasteiger partial charge in [0.2, 0.25) is 0 Å². The van der Waals surface area contributed by atoms with Gasteiger partial charge in [0.25, 0.3) is 6.43 Å². The zero-order valence-electron chi connectivity index (χ0n) is 16.1. The van der Waals surface area contributed by atoms with Crippen LogP contribution in [0.2, 0.25) is 0 Å². The molecule has 0 aliphatic carbocycles. The van der Waals surface area contributed by atoms with Crippen molar-refractivity contribution in [2.24, 2.45) is 0 Å². The Morgan fingerprint density at radius 2 is 2.08 bits per heavy atom. The van der Waals surface area contributed by atoms with Crippen LogP contribution in [0.4, 0.5) is 14.5 Å². The van der Waals surface area contributed by atoms with Gasteiger partial charge >= 0.3 is 0 Å². The number of nitrogens with zero attached hydrogens (tertiary/aromatic N) is 2. The van der Waals surface area contributed by atoms with Gasteiger partial charge in [0.05, 0.1) is 6.04 Å². The van der Waals surface area contributed by atoms with Gasteiger partial charge in [-0.3, -0.25) is 0 Å². The zero-order chi connectivity index (χ0) is 18.7. The summed E-state index contributed by atoms with van der Waals surface area (Å²) in [7, 11) is 1.89. The summed E-state index contributed by atoms with van der Waals surface area (Å²) < 4.78 is 27.8. The maximum atomic E-state index is 13.9. The summed E-state index contributed by atoms with van der Waals surface area (Å²) in [6, 6.07) is 4.07. The molecule has 2 heterocycles. The number of hydrogen-bond donors (Lipinski definition) is 1. The van der Waals surface area contributed by atoms with Gasteiger partial charge < -0.3 is 9.91 Å². The van der Waals surface area contributed by atoms with Crippen LogP contribution >= 0.6 is 0 Å². The molecule has 1 aromatic rings. The molecule has 1 aromatic carbocycles. The highest BCUT2D eigenvalue weighted by Gasteiger charge is 2.29. The molecule has 3 rings (SSSR count). The average molecular weight is 363 g/mol. The van der Waals surface area contributed by atoms with E-state index in [2.05, 4.69) is 24.2 Å². The van der Waals surface area contributed by atoms with Gasteiger partial charge in [0.15, 0.2) is 0 Å². The smallest absolute Gasteiger partial charge is 0.264 e. The molecule has 0 aromatic heterocycles. The number of aryl methyl sites for hydroxylation is 1. The molecule has 5 heteroatoms. The normalized spacial score (nSPS) is 20.8. The second kappa shape index (κ2) is 8.38. The lowest BCUT2D eigenvalue weighted by Crippen LogP contribution is -2.39. The van der Waals surface area contributed by atoms with Crippen LogP contribution in [0.5, 0.6) is 0 Å². The fourth-order valence-electron chi connectivity index (χ4n) is 4.25. The minimum atomic E-state index is -2.46. The van der Waals surface area contributed by atoms with Crippen molar-refractivity contribution >= 4 is 5.69 Å². The van der Waals surface area contributed by atoms with E-state index in [9.17, 15) is 8.78 Å². The molecule has 2 aliphatic rings. The molecule has 0 fully saturated rings. The van der Waals surface area contributed by atoms with Crippen LogP contribution < -0.4 is 10.3 Å². The van der Waals surface area contributed by atoms with E-state index >= 15 is 0 Å². The first-order valence-electron chi connectivity index (χ1n) is 9.94. The number of hydrazine groups is 1. The van der Waals surface area contributed by atoms with Gasteiger partial charge in [-0.25, -0.2) is 14.2 Å². The van der Waals surface area contributed by atoms with Crippen molar-refractivity contribution in [1.29, 1.82) is 0 Å². The highest BCUT2D eigenvalue weighted by Crippen LogP contribution is 2.39. The van der Waals surface area contributed by atoms with E-state index in [1.54, 1.807) is 6.07 Å². The van der Waals surface area contributed by atoms with Crippen molar-refractivity contribution in [1.82, 2.24) is 10.4 Å². The van der Waals surface area contributed by atoms with E-state index < -0.39 is 6.43 Å². The van der Waals surface area contributed by atoms with Crippen LogP contribution in [-0.2, 0) is 6.42 Å². The lowest BCUT2D eigenvalue weighted by Gasteiger charge is -2.39. The van der Waals surface area contributed by atoms with Crippen LogP contribution in [0.3, 0.4) is 0 Å². The summed E-state index contributed by atoms with van der Waals surface area (Å²) in [6.07, 6.45) is 8.00. The fourth-order valence-corrected chi connectivity index (χ4v) is 4.25. The van der Waals surface area contributed by atoms with Crippen LogP contribution in [0, 0.1) is 0 Å². The summed E-state index contributed by atoms with van der Waals surface area (Å²) >= 11 is 0. The molecule has 144 valence electrons. The summed E-state index contributed by atoms with van der Waals surface area (Å²) in [4.78, 5) is 2.40. The summed E-state index contributed by atoms with van der Waals surface area (Å²) in [5.41, 5.74) is 6.35. The maximum Gasteiger partial charge on any atom is 0.264 e. The monoisotopic (exact) mass is 363 g/mol. The van der Waals surface area contributed by atoms with Gasteiger partial charge in [-0.2, -0.15) is 0 Å². The summed E-state index contributed by atoms with van der Waals surface area (Å²) in [5.74, 6) is 0. The molecular formula is C21H31F2N3. The van der Waals surface area contributed by atoms with E-state index in [1.807, 2.05) is 30.4 Å². The van der Waals surface area contributed by atoms with Crippen molar-refractivity contribution in [2.75, 3.05) is 18.5 Å². The Morgan fingerprint density at radius 1 is 1.27 bits per heavy atom. The average Bonchev–Trinajstić information content (AvgIpc) is 3.07. The number of halogens is 2. The van der Waals surface area contributed by atoms with E-state index in [1.165, 1.54) is 18.4 Å². The van der Waals surface area contributed by atoms with Crippen molar-refractivity contribution in [3.63, 3.8) is 0 Å². The third-order valence-electron chi connectivity index (χ3n) is 5.66. The van der Waals surface area contributed by atoms with Crippen LogP contribution in [0.15, 0.2) is 24.4 Å². The third kappa shape index (κ3) is 3.88. The highest BCUT2D eigenvalue weighted by molar-refractivity contribution is 5.61. The van der Waals surface area contributed by atoms with Crippen LogP contribution in [0.1, 0.15) is 75.1 Å². The molecule has 0 bridgehead atoms. The first-order valence-corrected chi connectivity index (χ1v) is 9.94. The van der Waals surface area contributed by atoms with E-state index in [-0.39, 0.29) is 11.6 Å². The molecule has 26 heavy (non-hydrogen) atoms. The minimum absolute atomic E-state index is 0.165. The third-order valence-corrected chi connectivity index (χ3v) is 5.66. The number of rotatable bonds is 7.